The second-order valence-electron chi connectivity index (χ2n) is 5.58. The van der Waals surface area contributed by atoms with Gasteiger partial charge in [0.15, 0.2) is 17.6 Å². The van der Waals surface area contributed by atoms with Crippen molar-refractivity contribution in [3.8, 4) is 11.4 Å². The van der Waals surface area contributed by atoms with Gasteiger partial charge < -0.3 is 10.5 Å². The van der Waals surface area contributed by atoms with Crippen LogP contribution in [0.3, 0.4) is 0 Å². The molecule has 28 heavy (non-hydrogen) atoms. The summed E-state index contributed by atoms with van der Waals surface area (Å²) in [4.78, 5) is 16.3. The van der Waals surface area contributed by atoms with Crippen molar-refractivity contribution in [1.82, 2.24) is 20.0 Å². The highest BCUT2D eigenvalue weighted by molar-refractivity contribution is 5.88. The molecule has 11 heteroatoms. The van der Waals surface area contributed by atoms with Gasteiger partial charge in [-0.3, -0.25) is 10.3 Å². The van der Waals surface area contributed by atoms with Gasteiger partial charge in [-0.05, 0) is 17.7 Å². The molecule has 2 heterocycles. The number of halogens is 3. The molecule has 0 saturated carbocycles. The average Bonchev–Trinajstić information content (AvgIpc) is 3.01. The first-order chi connectivity index (χ1) is 13.0. The molecule has 2 aromatic heterocycles. The van der Waals surface area contributed by atoms with Gasteiger partial charge >= 0.3 is 6.09 Å². The zero-order valence-corrected chi connectivity index (χ0v) is 15.4. The number of ether oxygens (including phenoxy) is 1. The second kappa shape index (κ2) is 9.09. The summed E-state index contributed by atoms with van der Waals surface area (Å²) < 4.78 is 32.9. The van der Waals surface area contributed by atoms with Crippen LogP contribution in [-0.4, -0.2) is 32.5 Å². The standard InChI is InChI=1S/C17H16F2N6O2.ClH/c1-25-16(13(23-24-25)12-8-7-11(20)9-21-12)22-17(26)27-14(15(18)19)10-5-3-2-4-6-10;/h2-9,14-15H,20H2,1H3,(H,22,26);1H/t14-;/m0./s1. The number of nitrogens with two attached hydrogens (primary N) is 1. The Balaban J connectivity index is 0.00000280. The van der Waals surface area contributed by atoms with Gasteiger partial charge in [-0.25, -0.2) is 18.3 Å². The van der Waals surface area contributed by atoms with Crippen LogP contribution < -0.4 is 11.1 Å². The molecular weight excluding hydrogens is 394 g/mol. The van der Waals surface area contributed by atoms with E-state index in [4.69, 9.17) is 10.5 Å². The van der Waals surface area contributed by atoms with Crippen molar-refractivity contribution >= 4 is 30.0 Å². The van der Waals surface area contributed by atoms with E-state index in [2.05, 4.69) is 20.6 Å². The Morgan fingerprint density at radius 2 is 1.93 bits per heavy atom. The van der Waals surface area contributed by atoms with Crippen LogP contribution in [0.1, 0.15) is 11.7 Å². The minimum absolute atomic E-state index is 0. The molecule has 0 bridgehead atoms. The molecule has 8 nitrogen and oxygen atoms in total. The first-order valence-electron chi connectivity index (χ1n) is 7.88. The lowest BCUT2D eigenvalue weighted by Gasteiger charge is -2.17. The minimum atomic E-state index is -2.89. The number of hydrogen-bond donors (Lipinski definition) is 2. The number of nitrogens with one attached hydrogen (secondary N) is 1. The molecule has 0 aliphatic carbocycles. The fourth-order valence-electron chi connectivity index (χ4n) is 2.36. The molecule has 1 aromatic carbocycles. The number of carbonyl (C=O) groups is 1. The summed E-state index contributed by atoms with van der Waals surface area (Å²) in [7, 11) is 1.53. The van der Waals surface area contributed by atoms with Gasteiger partial charge in [-0.15, -0.1) is 17.5 Å². The van der Waals surface area contributed by atoms with E-state index in [0.29, 0.717) is 11.4 Å². The van der Waals surface area contributed by atoms with E-state index < -0.39 is 18.6 Å². The van der Waals surface area contributed by atoms with Gasteiger partial charge in [0.1, 0.15) is 0 Å². The Labute approximate surface area is 165 Å². The van der Waals surface area contributed by atoms with E-state index in [-0.39, 0.29) is 29.5 Å². The summed E-state index contributed by atoms with van der Waals surface area (Å²) >= 11 is 0. The zero-order chi connectivity index (χ0) is 19.4. The maximum atomic E-state index is 13.3. The highest BCUT2D eigenvalue weighted by Crippen LogP contribution is 2.27. The number of benzene rings is 1. The molecule has 3 N–H and O–H groups in total. The van der Waals surface area contributed by atoms with E-state index in [1.165, 1.54) is 30.1 Å². The van der Waals surface area contributed by atoms with Crippen molar-refractivity contribution in [2.75, 3.05) is 11.1 Å². The molecule has 1 atom stereocenters. The number of nitrogen functional groups attached to an aromatic ring is 1. The Kier molecular flexibility index (Phi) is 6.83. The number of anilines is 2. The maximum absolute atomic E-state index is 13.3. The second-order valence-corrected chi connectivity index (χ2v) is 5.58. The molecule has 0 saturated heterocycles. The number of nitrogens with zero attached hydrogens (tertiary/aromatic N) is 4. The largest absolute Gasteiger partial charge is 0.435 e. The Morgan fingerprint density at radius 3 is 2.54 bits per heavy atom. The molecule has 148 valence electrons. The van der Waals surface area contributed by atoms with Crippen LogP contribution in [0.5, 0.6) is 0 Å². The van der Waals surface area contributed by atoms with Gasteiger partial charge in [0, 0.05) is 7.05 Å². The van der Waals surface area contributed by atoms with Crippen LogP contribution >= 0.6 is 12.4 Å². The molecule has 3 aromatic rings. The van der Waals surface area contributed by atoms with Gasteiger partial charge in [0.25, 0.3) is 6.43 Å². The van der Waals surface area contributed by atoms with Crippen molar-refractivity contribution in [2.45, 2.75) is 12.5 Å². The number of hydrogen-bond acceptors (Lipinski definition) is 6. The number of pyridine rings is 1. The SMILES string of the molecule is Cl.Cn1nnc(-c2ccc(N)cn2)c1NC(=O)O[C@@H](c1ccccc1)C(F)F. The molecule has 3 rings (SSSR count). The fourth-order valence-corrected chi connectivity index (χ4v) is 2.36. The topological polar surface area (TPSA) is 108 Å². The number of carbonyl (C=O) groups excluding carboxylic acids is 1. The quantitative estimate of drug-likeness (QED) is 0.667. The van der Waals surface area contributed by atoms with E-state index in [0.717, 1.165) is 0 Å². The summed E-state index contributed by atoms with van der Waals surface area (Å²) in [6.45, 7) is 0. The van der Waals surface area contributed by atoms with Crippen molar-refractivity contribution in [3.05, 3.63) is 54.2 Å². The lowest BCUT2D eigenvalue weighted by molar-refractivity contribution is -0.0143. The molecule has 0 spiro atoms. The molecule has 0 unspecified atom stereocenters. The monoisotopic (exact) mass is 410 g/mol. The van der Waals surface area contributed by atoms with Crippen molar-refractivity contribution in [1.29, 1.82) is 0 Å². The summed E-state index contributed by atoms with van der Waals surface area (Å²) in [5.74, 6) is 0.151. The molecule has 1 amide bonds. The van der Waals surface area contributed by atoms with Gasteiger partial charge in [-0.1, -0.05) is 35.5 Å². The predicted octanol–water partition coefficient (Wildman–Crippen LogP) is 3.44. The predicted molar refractivity (Wildman–Crippen MR) is 101 cm³/mol. The van der Waals surface area contributed by atoms with E-state index in [1.807, 2.05) is 0 Å². The molecular formula is C17H17ClF2N6O2. The molecule has 0 radical (unpaired) electrons. The van der Waals surface area contributed by atoms with Crippen LogP contribution in [0.4, 0.5) is 25.1 Å². The molecule has 0 aliphatic heterocycles. The third-order valence-electron chi connectivity index (χ3n) is 3.67. The van der Waals surface area contributed by atoms with Crippen LogP contribution in [-0.2, 0) is 11.8 Å². The fraction of sp³-hybridized carbons (Fsp3) is 0.176. The molecule has 0 aliphatic rings. The van der Waals surface area contributed by atoms with Crippen LogP contribution in [0, 0.1) is 0 Å². The summed E-state index contributed by atoms with van der Waals surface area (Å²) in [6, 6.07) is 11.0. The third-order valence-corrected chi connectivity index (χ3v) is 3.67. The minimum Gasteiger partial charge on any atom is -0.435 e. The molecule has 0 fully saturated rings. The average molecular weight is 411 g/mol. The lowest BCUT2D eigenvalue weighted by atomic mass is 10.1. The number of aromatic nitrogens is 4. The van der Waals surface area contributed by atoms with Crippen LogP contribution in [0.15, 0.2) is 48.7 Å². The van der Waals surface area contributed by atoms with E-state index in [1.54, 1.807) is 30.3 Å². The highest BCUT2D eigenvalue weighted by Gasteiger charge is 2.27. The smallest absolute Gasteiger partial charge is 0.413 e. The van der Waals surface area contributed by atoms with Gasteiger partial charge in [0.05, 0.1) is 17.6 Å². The Morgan fingerprint density at radius 1 is 1.21 bits per heavy atom. The highest BCUT2D eigenvalue weighted by atomic mass is 35.5. The normalized spacial score (nSPS) is 11.6. The van der Waals surface area contributed by atoms with Crippen LogP contribution in [0.2, 0.25) is 0 Å². The van der Waals surface area contributed by atoms with Gasteiger partial charge in [0.2, 0.25) is 0 Å². The number of alkyl halides is 2. The summed E-state index contributed by atoms with van der Waals surface area (Å²) in [6.07, 6.45) is -4.23. The lowest BCUT2D eigenvalue weighted by Crippen LogP contribution is -2.23. The third kappa shape index (κ3) is 4.71. The first-order valence-corrected chi connectivity index (χ1v) is 7.88. The Hall–Kier alpha value is -3.27. The number of rotatable bonds is 5. The van der Waals surface area contributed by atoms with Crippen molar-refractivity contribution < 1.29 is 18.3 Å². The summed E-state index contributed by atoms with van der Waals surface area (Å²) in [5.41, 5.74) is 6.90. The number of aryl methyl sites for hydroxylation is 1. The zero-order valence-electron chi connectivity index (χ0n) is 14.6. The first kappa shape index (κ1) is 21.0. The van der Waals surface area contributed by atoms with E-state index >= 15 is 0 Å². The van der Waals surface area contributed by atoms with Gasteiger partial charge in [-0.2, -0.15) is 0 Å². The maximum Gasteiger partial charge on any atom is 0.413 e. The van der Waals surface area contributed by atoms with E-state index in [9.17, 15) is 13.6 Å². The van der Waals surface area contributed by atoms with Crippen molar-refractivity contribution in [3.63, 3.8) is 0 Å². The summed E-state index contributed by atoms with van der Waals surface area (Å²) in [5, 5.41) is 10.1. The Bertz CT molecular complexity index is 921. The van der Waals surface area contributed by atoms with Crippen LogP contribution in [0.25, 0.3) is 11.4 Å². The number of amides is 1. The van der Waals surface area contributed by atoms with Crippen molar-refractivity contribution in [2.24, 2.45) is 7.05 Å².